The first-order valence-electron chi connectivity index (χ1n) is 8.11. The van der Waals surface area contributed by atoms with Gasteiger partial charge in [0, 0.05) is 12.8 Å². The lowest BCUT2D eigenvalue weighted by molar-refractivity contribution is -0.148. The second kappa shape index (κ2) is 10.3. The molecule has 0 fully saturated rings. The Hall–Kier alpha value is -1.65. The Morgan fingerprint density at radius 3 is 2.54 bits per heavy atom. The van der Waals surface area contributed by atoms with Crippen molar-refractivity contribution in [2.45, 2.75) is 38.6 Å². The van der Waals surface area contributed by atoms with Crippen LogP contribution in [-0.2, 0) is 25.3 Å². The van der Waals surface area contributed by atoms with Crippen molar-refractivity contribution >= 4 is 19.2 Å². The number of esters is 1. The standard InChI is InChI=1S/C17H26NO5P/c1-3-4-11-23-17(20)15(10-12-24(2,21)22)18-16(19)13-14-8-6-5-7-9-14/h5-9,15H,3-4,10-13H2,1-2H3,(H,18,19)(H,21,22). The number of hydrogen-bond donors (Lipinski definition) is 2. The number of carbonyl (C=O) groups is 2. The van der Waals surface area contributed by atoms with Crippen LogP contribution in [0.2, 0.25) is 0 Å². The van der Waals surface area contributed by atoms with E-state index in [-0.39, 0.29) is 31.5 Å². The second-order valence-electron chi connectivity index (χ2n) is 5.87. The van der Waals surface area contributed by atoms with Gasteiger partial charge in [0.15, 0.2) is 7.37 Å². The van der Waals surface area contributed by atoms with Crippen LogP contribution in [0.15, 0.2) is 30.3 Å². The topological polar surface area (TPSA) is 92.7 Å². The molecule has 0 aliphatic heterocycles. The van der Waals surface area contributed by atoms with E-state index in [1.165, 1.54) is 6.66 Å². The predicted molar refractivity (Wildman–Crippen MR) is 93.2 cm³/mol. The van der Waals surface area contributed by atoms with Crippen LogP contribution < -0.4 is 5.32 Å². The first-order valence-corrected chi connectivity index (χ1v) is 10.4. The van der Waals surface area contributed by atoms with Gasteiger partial charge in [0.05, 0.1) is 13.0 Å². The van der Waals surface area contributed by atoms with Gasteiger partial charge in [-0.25, -0.2) is 4.79 Å². The summed E-state index contributed by atoms with van der Waals surface area (Å²) in [7, 11) is -3.26. The summed E-state index contributed by atoms with van der Waals surface area (Å²) in [4.78, 5) is 33.7. The molecule has 1 rings (SSSR count). The van der Waals surface area contributed by atoms with E-state index < -0.39 is 19.4 Å². The fraction of sp³-hybridized carbons (Fsp3) is 0.529. The fourth-order valence-corrected chi connectivity index (χ4v) is 2.80. The number of unbranched alkanes of at least 4 members (excludes halogenated alkanes) is 1. The number of ether oxygens (including phenoxy) is 1. The van der Waals surface area contributed by atoms with Crippen molar-refractivity contribution in [1.82, 2.24) is 5.32 Å². The molecule has 2 atom stereocenters. The highest BCUT2D eigenvalue weighted by Gasteiger charge is 2.25. The van der Waals surface area contributed by atoms with Crippen molar-refractivity contribution in [2.24, 2.45) is 0 Å². The summed E-state index contributed by atoms with van der Waals surface area (Å²) in [5.74, 6) is -0.874. The molecule has 24 heavy (non-hydrogen) atoms. The average molecular weight is 355 g/mol. The van der Waals surface area contributed by atoms with Crippen molar-refractivity contribution in [1.29, 1.82) is 0 Å². The van der Waals surface area contributed by atoms with E-state index in [2.05, 4.69) is 5.32 Å². The molecule has 0 saturated heterocycles. The van der Waals surface area contributed by atoms with Crippen LogP contribution >= 0.6 is 7.37 Å². The minimum atomic E-state index is -3.26. The smallest absolute Gasteiger partial charge is 0.328 e. The Bertz CT molecular complexity index is 570. The molecular formula is C17H26NO5P. The van der Waals surface area contributed by atoms with Gasteiger partial charge in [0.1, 0.15) is 6.04 Å². The highest BCUT2D eigenvalue weighted by Crippen LogP contribution is 2.36. The molecule has 0 saturated carbocycles. The van der Waals surface area contributed by atoms with Crippen LogP contribution in [-0.4, -0.2) is 42.2 Å². The number of amides is 1. The third-order valence-electron chi connectivity index (χ3n) is 3.40. The third kappa shape index (κ3) is 8.85. The molecule has 6 nitrogen and oxygen atoms in total. The minimum absolute atomic E-state index is 0.0494. The van der Waals surface area contributed by atoms with E-state index in [0.717, 1.165) is 18.4 Å². The molecular weight excluding hydrogens is 329 g/mol. The van der Waals surface area contributed by atoms with Crippen LogP contribution in [0.3, 0.4) is 0 Å². The molecule has 0 aromatic heterocycles. The van der Waals surface area contributed by atoms with Gasteiger partial charge < -0.3 is 14.9 Å². The largest absolute Gasteiger partial charge is 0.464 e. The molecule has 0 bridgehead atoms. The molecule has 1 amide bonds. The summed E-state index contributed by atoms with van der Waals surface area (Å²) in [5.41, 5.74) is 0.830. The molecule has 2 N–H and O–H groups in total. The van der Waals surface area contributed by atoms with Gasteiger partial charge in [-0.05, 0) is 18.4 Å². The van der Waals surface area contributed by atoms with Crippen molar-refractivity contribution in [3.63, 3.8) is 0 Å². The van der Waals surface area contributed by atoms with Crippen LogP contribution in [0.4, 0.5) is 0 Å². The van der Waals surface area contributed by atoms with E-state index in [9.17, 15) is 19.0 Å². The fourth-order valence-electron chi connectivity index (χ4n) is 2.06. The maximum absolute atomic E-state index is 12.1. The minimum Gasteiger partial charge on any atom is -0.464 e. The zero-order valence-electron chi connectivity index (χ0n) is 14.2. The van der Waals surface area contributed by atoms with E-state index >= 15 is 0 Å². The predicted octanol–water partition coefficient (Wildman–Crippen LogP) is 2.35. The molecule has 0 aliphatic rings. The molecule has 2 unspecified atom stereocenters. The molecule has 0 radical (unpaired) electrons. The summed E-state index contributed by atoms with van der Waals surface area (Å²) >= 11 is 0. The summed E-state index contributed by atoms with van der Waals surface area (Å²) in [6.45, 7) is 3.49. The molecule has 0 heterocycles. The lowest BCUT2D eigenvalue weighted by atomic mass is 10.1. The summed E-state index contributed by atoms with van der Waals surface area (Å²) in [5, 5.41) is 2.62. The van der Waals surface area contributed by atoms with Gasteiger partial charge in [0.25, 0.3) is 0 Å². The molecule has 134 valence electrons. The van der Waals surface area contributed by atoms with E-state index in [0.29, 0.717) is 0 Å². The second-order valence-corrected chi connectivity index (χ2v) is 8.42. The van der Waals surface area contributed by atoms with Gasteiger partial charge in [0.2, 0.25) is 5.91 Å². The number of nitrogens with one attached hydrogen (secondary N) is 1. The summed E-state index contributed by atoms with van der Waals surface area (Å²) in [6, 6.07) is 8.26. The van der Waals surface area contributed by atoms with E-state index in [1.54, 1.807) is 0 Å². The number of benzene rings is 1. The van der Waals surface area contributed by atoms with Crippen LogP contribution in [0.5, 0.6) is 0 Å². The summed E-state index contributed by atoms with van der Waals surface area (Å²) < 4.78 is 16.6. The molecule has 0 aliphatic carbocycles. The monoisotopic (exact) mass is 355 g/mol. The van der Waals surface area contributed by atoms with Gasteiger partial charge in [-0.2, -0.15) is 0 Å². The van der Waals surface area contributed by atoms with E-state index in [4.69, 9.17) is 4.74 Å². The maximum Gasteiger partial charge on any atom is 0.328 e. The van der Waals surface area contributed by atoms with Gasteiger partial charge >= 0.3 is 5.97 Å². The van der Waals surface area contributed by atoms with Crippen LogP contribution in [0, 0.1) is 0 Å². The molecule has 1 aromatic rings. The van der Waals surface area contributed by atoms with Crippen LogP contribution in [0.25, 0.3) is 0 Å². The molecule has 1 aromatic carbocycles. The first-order chi connectivity index (χ1) is 11.3. The Morgan fingerprint density at radius 1 is 1.29 bits per heavy atom. The van der Waals surface area contributed by atoms with Crippen molar-refractivity contribution in [3.8, 4) is 0 Å². The zero-order chi connectivity index (χ0) is 18.0. The SMILES string of the molecule is CCCCOC(=O)C(CCP(C)(=O)O)NC(=O)Cc1ccccc1. The third-order valence-corrected chi connectivity index (χ3v) is 4.49. The highest BCUT2D eigenvalue weighted by atomic mass is 31.2. The van der Waals surface area contributed by atoms with E-state index in [1.807, 2.05) is 37.3 Å². The molecule has 0 spiro atoms. The van der Waals surface area contributed by atoms with Crippen molar-refractivity contribution in [2.75, 3.05) is 19.4 Å². The normalized spacial score (nSPS) is 14.5. The molecule has 7 heteroatoms. The van der Waals surface area contributed by atoms with Gasteiger partial charge in [-0.1, -0.05) is 43.7 Å². The highest BCUT2D eigenvalue weighted by molar-refractivity contribution is 7.57. The first kappa shape index (κ1) is 20.4. The summed E-state index contributed by atoms with van der Waals surface area (Å²) in [6.07, 6.45) is 1.80. The lowest BCUT2D eigenvalue weighted by Gasteiger charge is -2.18. The van der Waals surface area contributed by atoms with Gasteiger partial charge in [-0.3, -0.25) is 9.36 Å². The lowest BCUT2D eigenvalue weighted by Crippen LogP contribution is -2.43. The quantitative estimate of drug-likeness (QED) is 0.382. The van der Waals surface area contributed by atoms with Crippen molar-refractivity contribution < 1.29 is 23.8 Å². The number of rotatable bonds is 10. The maximum atomic E-state index is 12.1. The average Bonchev–Trinajstić information content (AvgIpc) is 2.51. The van der Waals surface area contributed by atoms with Crippen LogP contribution in [0.1, 0.15) is 31.7 Å². The zero-order valence-corrected chi connectivity index (χ0v) is 15.1. The van der Waals surface area contributed by atoms with Gasteiger partial charge in [-0.15, -0.1) is 0 Å². The Labute approximate surface area is 143 Å². The number of carbonyl (C=O) groups excluding carboxylic acids is 2. The number of hydrogen-bond acceptors (Lipinski definition) is 4. The Balaban J connectivity index is 2.63. The Morgan fingerprint density at radius 2 is 1.96 bits per heavy atom. The Kier molecular flexibility index (Phi) is 8.72. The van der Waals surface area contributed by atoms with Crippen molar-refractivity contribution in [3.05, 3.63) is 35.9 Å².